The third-order valence-electron chi connectivity index (χ3n) is 7.46. The highest BCUT2D eigenvalue weighted by Crippen LogP contribution is 2.41. The molecule has 0 radical (unpaired) electrons. The highest BCUT2D eigenvalue weighted by Gasteiger charge is 2.32. The number of allylic oxidation sites excluding steroid dienone is 1. The molecule has 1 aliphatic carbocycles. The Morgan fingerprint density at radius 1 is 0.925 bits per heavy atom. The lowest BCUT2D eigenvalue weighted by Crippen LogP contribution is -2.38. The average Bonchev–Trinajstić information content (AvgIpc) is 3.30. The van der Waals surface area contributed by atoms with E-state index in [4.69, 9.17) is 21.3 Å². The molecule has 0 amide bonds. The molecule has 5 aromatic rings. The summed E-state index contributed by atoms with van der Waals surface area (Å²) >= 11 is 7.67. The molecule has 0 spiro atoms. The van der Waals surface area contributed by atoms with Crippen molar-refractivity contribution in [3.05, 3.63) is 161 Å². The molecule has 0 bridgehead atoms. The Kier molecular flexibility index (Phi) is 6.46. The second-order valence-electron chi connectivity index (χ2n) is 10.0. The second-order valence-corrected chi connectivity index (χ2v) is 11.5. The lowest BCUT2D eigenvalue weighted by Gasteiger charge is -2.30. The van der Waals surface area contributed by atoms with Crippen molar-refractivity contribution in [2.45, 2.75) is 25.5 Å². The lowest BCUT2D eigenvalue weighted by molar-refractivity contribution is 0.306. The summed E-state index contributed by atoms with van der Waals surface area (Å²) in [7, 11) is 0. The van der Waals surface area contributed by atoms with Gasteiger partial charge in [0.05, 0.1) is 16.3 Å². The van der Waals surface area contributed by atoms with Crippen molar-refractivity contribution in [1.29, 1.82) is 0 Å². The number of nitrogens with zero attached hydrogens (tertiary/aromatic N) is 2. The number of aryl methyl sites for hydroxylation is 1. The summed E-state index contributed by atoms with van der Waals surface area (Å²) in [5.41, 5.74) is 7.64. The first-order valence-corrected chi connectivity index (χ1v) is 14.5. The fraction of sp³-hybridized carbons (Fsp3) is 0.118. The Morgan fingerprint density at radius 2 is 1.73 bits per heavy atom. The fourth-order valence-corrected chi connectivity index (χ4v) is 6.68. The van der Waals surface area contributed by atoms with Crippen LogP contribution in [-0.4, -0.2) is 4.57 Å². The van der Waals surface area contributed by atoms with Gasteiger partial charge < -0.3 is 4.74 Å². The molecule has 0 saturated carbocycles. The molecule has 4 aromatic carbocycles. The van der Waals surface area contributed by atoms with Gasteiger partial charge in [-0.3, -0.25) is 9.36 Å². The molecule has 0 fully saturated rings. The van der Waals surface area contributed by atoms with Crippen LogP contribution in [-0.2, 0) is 13.0 Å². The van der Waals surface area contributed by atoms with Crippen molar-refractivity contribution in [3.63, 3.8) is 0 Å². The molecule has 196 valence electrons. The number of rotatable bonds is 5. The summed E-state index contributed by atoms with van der Waals surface area (Å²) in [6.07, 6.45) is 3.72. The Balaban J connectivity index is 1.33. The van der Waals surface area contributed by atoms with Crippen LogP contribution in [0.4, 0.5) is 0 Å². The fourth-order valence-electron chi connectivity index (χ4n) is 5.55. The monoisotopic (exact) mass is 560 g/mol. The minimum absolute atomic E-state index is 0.0373. The molecule has 0 N–H and O–H groups in total. The number of hydrogen-bond donors (Lipinski definition) is 0. The van der Waals surface area contributed by atoms with Gasteiger partial charge in [-0.15, -0.1) is 0 Å². The van der Waals surface area contributed by atoms with Crippen molar-refractivity contribution < 1.29 is 4.74 Å². The summed E-state index contributed by atoms with van der Waals surface area (Å²) in [5, 5.41) is 0.675. The predicted octanol–water partition coefficient (Wildman–Crippen LogP) is 6.55. The minimum Gasteiger partial charge on any atom is -0.489 e. The maximum atomic E-state index is 14.0. The smallest absolute Gasteiger partial charge is 0.271 e. The molecule has 1 aromatic heterocycles. The van der Waals surface area contributed by atoms with Crippen LogP contribution >= 0.6 is 22.9 Å². The maximum absolute atomic E-state index is 14.0. The highest BCUT2D eigenvalue weighted by molar-refractivity contribution is 7.07. The maximum Gasteiger partial charge on any atom is 0.271 e. The molecule has 4 nitrogen and oxygen atoms in total. The molecule has 0 unspecified atom stereocenters. The van der Waals surface area contributed by atoms with Crippen LogP contribution in [0.25, 0.3) is 11.8 Å². The van der Waals surface area contributed by atoms with Crippen LogP contribution in [0.15, 0.2) is 118 Å². The zero-order chi connectivity index (χ0) is 27.1. The Hall–Kier alpha value is -4.19. The van der Waals surface area contributed by atoms with Crippen molar-refractivity contribution in [1.82, 2.24) is 4.57 Å². The number of ether oxygens (including phenoxy) is 1. The summed E-state index contributed by atoms with van der Waals surface area (Å²) in [6.45, 7) is 0.487. The Bertz CT molecular complexity index is 1940. The first kappa shape index (κ1) is 24.8. The number of thiazole rings is 1. The number of fused-ring (bicyclic) bond motifs is 3. The van der Waals surface area contributed by atoms with Crippen LogP contribution < -0.4 is 19.6 Å². The average molecular weight is 561 g/mol. The van der Waals surface area contributed by atoms with E-state index < -0.39 is 0 Å². The van der Waals surface area contributed by atoms with Gasteiger partial charge in [0.1, 0.15) is 12.4 Å². The zero-order valence-electron chi connectivity index (χ0n) is 21.6. The van der Waals surface area contributed by atoms with E-state index in [0.717, 1.165) is 46.5 Å². The van der Waals surface area contributed by atoms with E-state index in [-0.39, 0.29) is 11.6 Å². The van der Waals surface area contributed by atoms with Crippen LogP contribution in [0.5, 0.6) is 5.75 Å². The molecular formula is C34H25ClN2O2S. The van der Waals surface area contributed by atoms with Crippen molar-refractivity contribution in [3.8, 4) is 5.75 Å². The molecule has 0 saturated heterocycles. The van der Waals surface area contributed by atoms with E-state index >= 15 is 0 Å². The molecular weight excluding hydrogens is 536 g/mol. The number of aromatic nitrogens is 1. The predicted molar refractivity (Wildman–Crippen MR) is 161 cm³/mol. The van der Waals surface area contributed by atoms with E-state index in [1.165, 1.54) is 22.5 Å². The number of halogens is 1. The molecule has 6 heteroatoms. The molecule has 1 atom stereocenters. The van der Waals surface area contributed by atoms with Crippen LogP contribution in [0, 0.1) is 0 Å². The van der Waals surface area contributed by atoms with Crippen molar-refractivity contribution in [2.24, 2.45) is 4.99 Å². The van der Waals surface area contributed by atoms with Crippen molar-refractivity contribution in [2.75, 3.05) is 0 Å². The third-order valence-corrected chi connectivity index (χ3v) is 8.70. The van der Waals surface area contributed by atoms with Crippen molar-refractivity contribution >= 4 is 34.7 Å². The van der Waals surface area contributed by atoms with Gasteiger partial charge in [0.25, 0.3) is 5.56 Å². The van der Waals surface area contributed by atoms with Gasteiger partial charge in [-0.2, -0.15) is 0 Å². The summed E-state index contributed by atoms with van der Waals surface area (Å²) in [5.74, 6) is 0.761. The normalized spacial score (nSPS) is 16.1. The van der Waals surface area contributed by atoms with Gasteiger partial charge in [0.2, 0.25) is 0 Å². The second kappa shape index (κ2) is 10.4. The lowest BCUT2D eigenvalue weighted by atomic mass is 9.83. The van der Waals surface area contributed by atoms with Crippen LogP contribution in [0.1, 0.15) is 40.3 Å². The molecule has 7 rings (SSSR count). The molecule has 1 aliphatic heterocycles. The van der Waals surface area contributed by atoms with Gasteiger partial charge in [0, 0.05) is 10.6 Å². The van der Waals surface area contributed by atoms with E-state index in [1.54, 1.807) is 0 Å². The summed E-state index contributed by atoms with van der Waals surface area (Å²) < 4.78 is 8.54. The summed E-state index contributed by atoms with van der Waals surface area (Å²) in [4.78, 5) is 19.8. The van der Waals surface area contributed by atoms with Gasteiger partial charge >= 0.3 is 0 Å². The first-order valence-electron chi connectivity index (χ1n) is 13.3. The van der Waals surface area contributed by atoms with E-state index in [9.17, 15) is 4.79 Å². The van der Waals surface area contributed by atoms with Gasteiger partial charge in [-0.1, -0.05) is 102 Å². The number of benzene rings is 4. The summed E-state index contributed by atoms with van der Waals surface area (Å²) in [6, 6.07) is 34.0. The number of hydrogen-bond acceptors (Lipinski definition) is 4. The van der Waals surface area contributed by atoms with Gasteiger partial charge in [-0.25, -0.2) is 4.99 Å². The zero-order valence-corrected chi connectivity index (χ0v) is 23.2. The SMILES string of the molecule is O=c1/c(=C/c2cccc(OCc3ccccc3)c2)sc2n1[C@@H](c1ccc(Cl)cc1)C1=C(N=2)c2ccccc2CC1. The van der Waals surface area contributed by atoms with E-state index in [1.807, 2.05) is 89.5 Å². The molecule has 2 heterocycles. The van der Waals surface area contributed by atoms with Crippen LogP contribution in [0.2, 0.25) is 5.02 Å². The van der Waals surface area contributed by atoms with E-state index in [2.05, 4.69) is 24.3 Å². The minimum atomic E-state index is -0.223. The Labute approximate surface area is 240 Å². The van der Waals surface area contributed by atoms with Crippen LogP contribution in [0.3, 0.4) is 0 Å². The molecule has 40 heavy (non-hydrogen) atoms. The Morgan fingerprint density at radius 3 is 2.58 bits per heavy atom. The topological polar surface area (TPSA) is 43.6 Å². The quantitative estimate of drug-likeness (QED) is 0.245. The standard InChI is InChI=1S/C34H25ClN2O2S/c35-26-16-13-25(14-17-26)32-29-18-15-24-10-4-5-12-28(24)31(29)36-34-37(32)33(38)30(40-34)20-23-9-6-11-27(19-23)39-21-22-7-2-1-3-8-22/h1-14,16-17,19-20,32H,15,18,21H2/b30-20-/t32-/m0/s1. The first-order chi connectivity index (χ1) is 19.6. The molecule has 2 aliphatic rings. The van der Waals surface area contributed by atoms with Gasteiger partial charge in [-0.05, 0) is 71.0 Å². The van der Waals surface area contributed by atoms with E-state index in [0.29, 0.717) is 21.0 Å². The van der Waals surface area contributed by atoms with Gasteiger partial charge in [0.15, 0.2) is 4.80 Å². The largest absolute Gasteiger partial charge is 0.489 e. The highest BCUT2D eigenvalue weighted by atomic mass is 35.5. The third kappa shape index (κ3) is 4.61.